The summed E-state index contributed by atoms with van der Waals surface area (Å²) in [4.78, 5) is 22.1. The van der Waals surface area contributed by atoms with Gasteiger partial charge in [-0.25, -0.2) is 0 Å². The third-order valence-corrected chi connectivity index (χ3v) is 2.81. The Labute approximate surface area is 118 Å². The van der Waals surface area contributed by atoms with E-state index in [2.05, 4.69) is 5.32 Å². The Morgan fingerprint density at radius 3 is 2.55 bits per heavy atom. The molecule has 6 heteroatoms. The zero-order valence-electron chi connectivity index (χ0n) is 11.6. The molecule has 1 aromatic carbocycles. The molecule has 0 saturated heterocycles. The summed E-state index contributed by atoms with van der Waals surface area (Å²) in [6.07, 6.45) is 0.389. The fraction of sp³-hybridized carbons (Fsp3) is 0.429. The van der Waals surface area contributed by atoms with Crippen LogP contribution >= 0.6 is 0 Å². The highest BCUT2D eigenvalue weighted by atomic mass is 16.5. The standard InChI is InChI=1S/C14H21N3O3/c1-10(11-2-4-12(15)5-3-11)8-14(19)17-6-7-20-9-13(16)18/h2-5,10H,6-9,15H2,1H3,(H2,16,18)(H,17,19). The summed E-state index contributed by atoms with van der Waals surface area (Å²) in [6, 6.07) is 7.48. The molecule has 6 nitrogen and oxygen atoms in total. The lowest BCUT2D eigenvalue weighted by Crippen LogP contribution is -2.29. The second kappa shape index (κ2) is 8.16. The molecule has 0 heterocycles. The van der Waals surface area contributed by atoms with E-state index in [1.807, 2.05) is 31.2 Å². The monoisotopic (exact) mass is 279 g/mol. The number of carbonyl (C=O) groups excluding carboxylic acids is 2. The molecule has 0 aliphatic carbocycles. The van der Waals surface area contributed by atoms with Gasteiger partial charge in [0, 0.05) is 18.7 Å². The summed E-state index contributed by atoms with van der Waals surface area (Å²) >= 11 is 0. The minimum absolute atomic E-state index is 0.0583. The topological polar surface area (TPSA) is 107 Å². The summed E-state index contributed by atoms with van der Waals surface area (Å²) in [5.74, 6) is -0.465. The number of amides is 2. The first-order valence-corrected chi connectivity index (χ1v) is 6.47. The third-order valence-electron chi connectivity index (χ3n) is 2.81. The number of hydrogen-bond acceptors (Lipinski definition) is 4. The number of nitrogens with two attached hydrogens (primary N) is 2. The summed E-state index contributed by atoms with van der Waals surface area (Å²) in [5.41, 5.74) is 12.3. The number of nitrogens with one attached hydrogen (secondary N) is 1. The first-order chi connectivity index (χ1) is 9.49. The van der Waals surface area contributed by atoms with Gasteiger partial charge in [0.1, 0.15) is 6.61 Å². The van der Waals surface area contributed by atoms with Crippen LogP contribution in [0.15, 0.2) is 24.3 Å². The van der Waals surface area contributed by atoms with E-state index >= 15 is 0 Å². The van der Waals surface area contributed by atoms with Crippen LogP contribution in [-0.4, -0.2) is 31.6 Å². The van der Waals surface area contributed by atoms with Crippen LogP contribution in [0.4, 0.5) is 5.69 Å². The Hall–Kier alpha value is -2.08. The molecule has 0 fully saturated rings. The molecule has 0 bridgehead atoms. The van der Waals surface area contributed by atoms with E-state index in [1.165, 1.54) is 0 Å². The van der Waals surface area contributed by atoms with E-state index in [1.54, 1.807) is 0 Å². The molecule has 2 amide bonds. The molecule has 0 aromatic heterocycles. The lowest BCUT2D eigenvalue weighted by molar-refractivity contribution is -0.122. The highest BCUT2D eigenvalue weighted by molar-refractivity contribution is 5.77. The van der Waals surface area contributed by atoms with Crippen LogP contribution in [0.2, 0.25) is 0 Å². The van der Waals surface area contributed by atoms with Gasteiger partial charge >= 0.3 is 0 Å². The Bertz CT molecular complexity index is 445. The predicted octanol–water partition coefficient (Wildman–Crippen LogP) is 0.381. The van der Waals surface area contributed by atoms with Crippen molar-refractivity contribution in [3.8, 4) is 0 Å². The van der Waals surface area contributed by atoms with Crippen LogP contribution < -0.4 is 16.8 Å². The predicted molar refractivity (Wildman–Crippen MR) is 76.9 cm³/mol. The third kappa shape index (κ3) is 6.19. The van der Waals surface area contributed by atoms with E-state index in [9.17, 15) is 9.59 Å². The molecule has 0 aliphatic rings. The van der Waals surface area contributed by atoms with Gasteiger partial charge in [-0.2, -0.15) is 0 Å². The number of hydrogen-bond donors (Lipinski definition) is 3. The van der Waals surface area contributed by atoms with Crippen molar-refractivity contribution in [3.05, 3.63) is 29.8 Å². The molecule has 0 radical (unpaired) electrons. The van der Waals surface area contributed by atoms with Gasteiger partial charge in [-0.05, 0) is 23.6 Å². The molecular formula is C14H21N3O3. The average Bonchev–Trinajstić information content (AvgIpc) is 2.38. The van der Waals surface area contributed by atoms with Crippen LogP contribution in [-0.2, 0) is 14.3 Å². The fourth-order valence-corrected chi connectivity index (χ4v) is 1.73. The Kier molecular flexibility index (Phi) is 6.52. The van der Waals surface area contributed by atoms with E-state index in [0.717, 1.165) is 5.56 Å². The summed E-state index contributed by atoms with van der Waals surface area (Å²) in [7, 11) is 0. The molecule has 1 rings (SSSR count). The Morgan fingerprint density at radius 1 is 1.30 bits per heavy atom. The van der Waals surface area contributed by atoms with Crippen molar-refractivity contribution in [2.75, 3.05) is 25.5 Å². The van der Waals surface area contributed by atoms with Gasteiger partial charge < -0.3 is 21.5 Å². The van der Waals surface area contributed by atoms with Crippen LogP contribution in [0, 0.1) is 0 Å². The van der Waals surface area contributed by atoms with E-state index < -0.39 is 5.91 Å². The van der Waals surface area contributed by atoms with Crippen molar-refractivity contribution in [2.45, 2.75) is 19.3 Å². The number of ether oxygens (including phenoxy) is 1. The van der Waals surface area contributed by atoms with Crippen LogP contribution in [0.1, 0.15) is 24.8 Å². The first-order valence-electron chi connectivity index (χ1n) is 6.47. The van der Waals surface area contributed by atoms with Crippen molar-refractivity contribution >= 4 is 17.5 Å². The van der Waals surface area contributed by atoms with Gasteiger partial charge in [-0.1, -0.05) is 19.1 Å². The molecule has 5 N–H and O–H groups in total. The van der Waals surface area contributed by atoms with Gasteiger partial charge in [0.15, 0.2) is 0 Å². The number of primary amides is 1. The quantitative estimate of drug-likeness (QED) is 0.472. The number of anilines is 1. The Morgan fingerprint density at radius 2 is 1.95 bits per heavy atom. The number of nitrogen functional groups attached to an aromatic ring is 1. The molecule has 1 aromatic rings. The molecule has 1 unspecified atom stereocenters. The summed E-state index contributed by atoms with van der Waals surface area (Å²) < 4.78 is 4.95. The normalized spacial score (nSPS) is 11.8. The van der Waals surface area contributed by atoms with Crippen molar-refractivity contribution < 1.29 is 14.3 Å². The maximum absolute atomic E-state index is 11.7. The molecule has 110 valence electrons. The maximum atomic E-state index is 11.7. The van der Waals surface area contributed by atoms with Crippen molar-refractivity contribution in [3.63, 3.8) is 0 Å². The highest BCUT2D eigenvalue weighted by Crippen LogP contribution is 2.19. The summed E-state index contributed by atoms with van der Waals surface area (Å²) in [6.45, 7) is 2.48. The zero-order chi connectivity index (χ0) is 15.0. The van der Waals surface area contributed by atoms with Crippen LogP contribution in [0.25, 0.3) is 0 Å². The lowest BCUT2D eigenvalue weighted by atomic mass is 9.97. The van der Waals surface area contributed by atoms with Crippen molar-refractivity contribution in [1.29, 1.82) is 0 Å². The van der Waals surface area contributed by atoms with Gasteiger partial charge in [-0.15, -0.1) is 0 Å². The van der Waals surface area contributed by atoms with Gasteiger partial charge in [0.05, 0.1) is 6.61 Å². The minimum atomic E-state index is -0.520. The second-order valence-corrected chi connectivity index (χ2v) is 4.64. The maximum Gasteiger partial charge on any atom is 0.243 e. The molecule has 0 spiro atoms. The van der Waals surface area contributed by atoms with Gasteiger partial charge in [0.2, 0.25) is 11.8 Å². The lowest BCUT2D eigenvalue weighted by Gasteiger charge is -2.12. The molecular weight excluding hydrogens is 258 g/mol. The molecule has 0 aliphatic heterocycles. The molecule has 0 saturated carbocycles. The second-order valence-electron chi connectivity index (χ2n) is 4.64. The highest BCUT2D eigenvalue weighted by Gasteiger charge is 2.10. The molecule has 20 heavy (non-hydrogen) atoms. The Balaban J connectivity index is 2.24. The van der Waals surface area contributed by atoms with Crippen molar-refractivity contribution in [2.24, 2.45) is 5.73 Å². The number of benzene rings is 1. The smallest absolute Gasteiger partial charge is 0.243 e. The van der Waals surface area contributed by atoms with E-state index in [4.69, 9.17) is 16.2 Å². The first kappa shape index (κ1) is 16.0. The van der Waals surface area contributed by atoms with Gasteiger partial charge in [-0.3, -0.25) is 9.59 Å². The summed E-state index contributed by atoms with van der Waals surface area (Å²) in [5, 5.41) is 2.73. The van der Waals surface area contributed by atoms with E-state index in [-0.39, 0.29) is 25.0 Å². The number of carbonyl (C=O) groups is 2. The SMILES string of the molecule is CC(CC(=O)NCCOCC(N)=O)c1ccc(N)cc1. The minimum Gasteiger partial charge on any atom is -0.399 e. The van der Waals surface area contributed by atoms with E-state index in [0.29, 0.717) is 18.7 Å². The largest absolute Gasteiger partial charge is 0.399 e. The van der Waals surface area contributed by atoms with Crippen molar-refractivity contribution in [1.82, 2.24) is 5.32 Å². The zero-order valence-corrected chi connectivity index (χ0v) is 11.6. The number of rotatable bonds is 8. The van der Waals surface area contributed by atoms with Crippen LogP contribution in [0.3, 0.4) is 0 Å². The fourth-order valence-electron chi connectivity index (χ4n) is 1.73. The van der Waals surface area contributed by atoms with Crippen LogP contribution in [0.5, 0.6) is 0 Å². The molecule has 1 atom stereocenters. The van der Waals surface area contributed by atoms with Gasteiger partial charge in [0.25, 0.3) is 0 Å². The average molecular weight is 279 g/mol.